The Morgan fingerprint density at radius 2 is 2.06 bits per heavy atom. The molecule has 94 valence electrons. The standard InChI is InChI=1S/C14H28N2/c1-3-12-8-9-16(11-12)14-7-5-6-13(10-14)15-4-2/h12-15H,3-11H2,1-2H3. The first-order valence-electron chi connectivity index (χ1n) is 7.30. The van der Waals surface area contributed by atoms with E-state index in [9.17, 15) is 0 Å². The van der Waals surface area contributed by atoms with E-state index < -0.39 is 0 Å². The highest BCUT2D eigenvalue weighted by Gasteiger charge is 2.30. The fraction of sp³-hybridized carbons (Fsp3) is 1.00. The van der Waals surface area contributed by atoms with Crippen LogP contribution in [0, 0.1) is 5.92 Å². The molecule has 16 heavy (non-hydrogen) atoms. The van der Waals surface area contributed by atoms with Crippen molar-refractivity contribution < 1.29 is 0 Å². The van der Waals surface area contributed by atoms with Gasteiger partial charge in [0.25, 0.3) is 0 Å². The van der Waals surface area contributed by atoms with Crippen LogP contribution in [0.1, 0.15) is 52.4 Å². The lowest BCUT2D eigenvalue weighted by Crippen LogP contribution is -2.43. The zero-order valence-corrected chi connectivity index (χ0v) is 11.0. The van der Waals surface area contributed by atoms with E-state index >= 15 is 0 Å². The molecule has 3 unspecified atom stereocenters. The van der Waals surface area contributed by atoms with Crippen LogP contribution in [0.15, 0.2) is 0 Å². The summed E-state index contributed by atoms with van der Waals surface area (Å²) in [5, 5.41) is 3.64. The summed E-state index contributed by atoms with van der Waals surface area (Å²) in [4.78, 5) is 2.78. The van der Waals surface area contributed by atoms with Crippen molar-refractivity contribution in [1.82, 2.24) is 10.2 Å². The van der Waals surface area contributed by atoms with Crippen LogP contribution in [0.25, 0.3) is 0 Å². The van der Waals surface area contributed by atoms with Gasteiger partial charge in [-0.05, 0) is 44.7 Å². The molecule has 1 heterocycles. The fourth-order valence-electron chi connectivity index (χ4n) is 3.50. The van der Waals surface area contributed by atoms with Gasteiger partial charge in [0.15, 0.2) is 0 Å². The summed E-state index contributed by atoms with van der Waals surface area (Å²) in [6.45, 7) is 8.44. The molecule has 1 N–H and O–H groups in total. The van der Waals surface area contributed by atoms with Gasteiger partial charge in [-0.1, -0.05) is 26.7 Å². The smallest absolute Gasteiger partial charge is 0.0110 e. The minimum atomic E-state index is 0.796. The molecule has 1 aliphatic heterocycles. The Hall–Kier alpha value is -0.0800. The Morgan fingerprint density at radius 3 is 2.75 bits per heavy atom. The van der Waals surface area contributed by atoms with Crippen molar-refractivity contribution in [3.63, 3.8) is 0 Å². The van der Waals surface area contributed by atoms with Crippen molar-refractivity contribution in [2.75, 3.05) is 19.6 Å². The van der Waals surface area contributed by atoms with E-state index in [2.05, 4.69) is 24.1 Å². The van der Waals surface area contributed by atoms with E-state index in [0.29, 0.717) is 0 Å². The van der Waals surface area contributed by atoms with Crippen LogP contribution in [0.5, 0.6) is 0 Å². The largest absolute Gasteiger partial charge is 0.314 e. The summed E-state index contributed by atoms with van der Waals surface area (Å²) in [6.07, 6.45) is 8.48. The first-order valence-corrected chi connectivity index (χ1v) is 7.30. The number of nitrogens with one attached hydrogen (secondary N) is 1. The number of rotatable bonds is 4. The molecule has 0 spiro atoms. The molecule has 2 heteroatoms. The van der Waals surface area contributed by atoms with Gasteiger partial charge in [0.1, 0.15) is 0 Å². The Labute approximate surface area is 101 Å². The molecule has 2 fully saturated rings. The van der Waals surface area contributed by atoms with Gasteiger partial charge in [0.05, 0.1) is 0 Å². The molecule has 0 radical (unpaired) electrons. The van der Waals surface area contributed by atoms with Crippen LogP contribution in [-0.2, 0) is 0 Å². The minimum absolute atomic E-state index is 0.796. The monoisotopic (exact) mass is 224 g/mol. The molecular formula is C14H28N2. The van der Waals surface area contributed by atoms with E-state index in [1.54, 1.807) is 0 Å². The first-order chi connectivity index (χ1) is 7.83. The van der Waals surface area contributed by atoms with E-state index in [0.717, 1.165) is 24.5 Å². The second-order valence-electron chi connectivity index (χ2n) is 5.63. The lowest BCUT2D eigenvalue weighted by atomic mass is 9.90. The van der Waals surface area contributed by atoms with E-state index in [1.165, 1.54) is 51.6 Å². The maximum absolute atomic E-state index is 3.64. The molecule has 2 nitrogen and oxygen atoms in total. The van der Waals surface area contributed by atoms with Crippen LogP contribution >= 0.6 is 0 Å². The number of likely N-dealkylation sites (tertiary alicyclic amines) is 1. The van der Waals surface area contributed by atoms with Gasteiger partial charge >= 0.3 is 0 Å². The van der Waals surface area contributed by atoms with Crippen LogP contribution in [0.2, 0.25) is 0 Å². The van der Waals surface area contributed by atoms with Crippen LogP contribution in [0.3, 0.4) is 0 Å². The molecular weight excluding hydrogens is 196 g/mol. The predicted octanol–water partition coefficient (Wildman–Crippen LogP) is 2.64. The minimum Gasteiger partial charge on any atom is -0.314 e. The third-order valence-electron chi connectivity index (χ3n) is 4.55. The van der Waals surface area contributed by atoms with Crippen molar-refractivity contribution in [1.29, 1.82) is 0 Å². The quantitative estimate of drug-likeness (QED) is 0.790. The summed E-state index contributed by atoms with van der Waals surface area (Å²) >= 11 is 0. The molecule has 0 aromatic carbocycles. The Kier molecular flexibility index (Phi) is 4.66. The molecule has 2 rings (SSSR count). The third kappa shape index (κ3) is 2.98. The lowest BCUT2D eigenvalue weighted by Gasteiger charge is -2.35. The molecule has 0 bridgehead atoms. The number of hydrogen-bond acceptors (Lipinski definition) is 2. The topological polar surface area (TPSA) is 15.3 Å². The molecule has 1 saturated heterocycles. The van der Waals surface area contributed by atoms with E-state index in [-0.39, 0.29) is 0 Å². The molecule has 0 aromatic rings. The van der Waals surface area contributed by atoms with Crippen molar-refractivity contribution >= 4 is 0 Å². The molecule has 1 aliphatic carbocycles. The average Bonchev–Trinajstić information content (AvgIpc) is 2.78. The molecule has 0 amide bonds. The zero-order valence-electron chi connectivity index (χ0n) is 11.0. The second kappa shape index (κ2) is 6.02. The summed E-state index contributed by atoms with van der Waals surface area (Å²) < 4.78 is 0. The maximum Gasteiger partial charge on any atom is 0.0110 e. The SMILES string of the molecule is CCNC1CCCC(N2CCC(CC)C2)C1. The molecule has 3 atom stereocenters. The third-order valence-corrected chi connectivity index (χ3v) is 4.55. The molecule has 1 saturated carbocycles. The second-order valence-corrected chi connectivity index (χ2v) is 5.63. The van der Waals surface area contributed by atoms with Crippen molar-refractivity contribution in [3.05, 3.63) is 0 Å². The summed E-state index contributed by atoms with van der Waals surface area (Å²) in [5.41, 5.74) is 0. The highest BCUT2D eigenvalue weighted by atomic mass is 15.2. The van der Waals surface area contributed by atoms with Gasteiger partial charge in [-0.15, -0.1) is 0 Å². The van der Waals surface area contributed by atoms with Gasteiger partial charge in [-0.25, -0.2) is 0 Å². The van der Waals surface area contributed by atoms with Gasteiger partial charge < -0.3 is 10.2 Å². The number of hydrogen-bond donors (Lipinski definition) is 1. The normalized spacial score (nSPS) is 36.8. The van der Waals surface area contributed by atoms with Crippen LogP contribution in [0.4, 0.5) is 0 Å². The lowest BCUT2D eigenvalue weighted by molar-refractivity contribution is 0.164. The van der Waals surface area contributed by atoms with Crippen LogP contribution in [-0.4, -0.2) is 36.6 Å². The van der Waals surface area contributed by atoms with Crippen molar-refractivity contribution in [2.45, 2.75) is 64.5 Å². The molecule has 0 aromatic heterocycles. The molecule has 2 aliphatic rings. The highest BCUT2D eigenvalue weighted by Crippen LogP contribution is 2.28. The van der Waals surface area contributed by atoms with Gasteiger partial charge in [-0.3, -0.25) is 0 Å². The summed E-state index contributed by atoms with van der Waals surface area (Å²) in [7, 11) is 0. The number of nitrogens with zero attached hydrogens (tertiary/aromatic N) is 1. The highest BCUT2D eigenvalue weighted by molar-refractivity contribution is 4.87. The van der Waals surface area contributed by atoms with Crippen molar-refractivity contribution in [3.8, 4) is 0 Å². The Balaban J connectivity index is 1.80. The van der Waals surface area contributed by atoms with Gasteiger partial charge in [0, 0.05) is 18.6 Å². The van der Waals surface area contributed by atoms with Crippen molar-refractivity contribution in [2.24, 2.45) is 5.92 Å². The summed E-state index contributed by atoms with van der Waals surface area (Å²) in [6, 6.07) is 1.68. The van der Waals surface area contributed by atoms with E-state index in [1.807, 2.05) is 0 Å². The van der Waals surface area contributed by atoms with E-state index in [4.69, 9.17) is 0 Å². The van der Waals surface area contributed by atoms with Crippen LogP contribution < -0.4 is 5.32 Å². The van der Waals surface area contributed by atoms with Gasteiger partial charge in [-0.2, -0.15) is 0 Å². The fourth-order valence-corrected chi connectivity index (χ4v) is 3.50. The maximum atomic E-state index is 3.64. The van der Waals surface area contributed by atoms with Gasteiger partial charge in [0.2, 0.25) is 0 Å². The first kappa shape index (κ1) is 12.4. The average molecular weight is 224 g/mol. The summed E-state index contributed by atoms with van der Waals surface area (Å²) in [5.74, 6) is 0.986. The predicted molar refractivity (Wildman–Crippen MR) is 69.7 cm³/mol. The Bertz CT molecular complexity index is 203. The Morgan fingerprint density at radius 1 is 1.19 bits per heavy atom. The zero-order chi connectivity index (χ0) is 11.4.